The minimum Gasteiger partial charge on any atom is -0.507 e. The Balaban J connectivity index is 2.18. The van der Waals surface area contributed by atoms with Crippen LogP contribution in [-0.4, -0.2) is 27.9 Å². The van der Waals surface area contributed by atoms with Crippen LogP contribution in [0.15, 0.2) is 36.4 Å². The molecule has 0 unspecified atom stereocenters. The summed E-state index contributed by atoms with van der Waals surface area (Å²) >= 11 is 5.85. The minimum absolute atomic E-state index is 0.0801. The lowest BCUT2D eigenvalue weighted by Crippen LogP contribution is -2.26. The number of rotatable bonds is 3. The van der Waals surface area contributed by atoms with Gasteiger partial charge in [-0.1, -0.05) is 17.7 Å². The van der Waals surface area contributed by atoms with Crippen molar-refractivity contribution in [3.63, 3.8) is 0 Å². The minimum atomic E-state index is -0.298. The predicted octanol–water partition coefficient (Wildman–Crippen LogP) is 3.02. The highest BCUT2D eigenvalue weighted by molar-refractivity contribution is 6.31. The first-order valence-electron chi connectivity index (χ1n) is 6.14. The van der Waals surface area contributed by atoms with E-state index in [1.165, 1.54) is 23.1 Å². The molecule has 0 aliphatic rings. The van der Waals surface area contributed by atoms with E-state index in [2.05, 4.69) is 4.98 Å². The van der Waals surface area contributed by atoms with Gasteiger partial charge in [0.25, 0.3) is 5.91 Å². The number of hydrogen-bond donors (Lipinski definition) is 1. The number of amides is 1. The third kappa shape index (κ3) is 3.27. The number of halogens is 1. The van der Waals surface area contributed by atoms with Crippen molar-refractivity contribution < 1.29 is 9.90 Å². The molecule has 1 aromatic carbocycles. The fourth-order valence-electron chi connectivity index (χ4n) is 1.89. The monoisotopic (exact) mass is 290 g/mol. The summed E-state index contributed by atoms with van der Waals surface area (Å²) in [5, 5.41) is 10.2. The second-order valence-corrected chi connectivity index (χ2v) is 5.03. The van der Waals surface area contributed by atoms with Gasteiger partial charge < -0.3 is 10.0 Å². The SMILES string of the molecule is Cc1cccc(CN(C)C(=O)c2cc(Cl)ccc2O)n1. The Kier molecular flexibility index (Phi) is 4.25. The second-order valence-electron chi connectivity index (χ2n) is 4.59. The third-order valence-corrected chi connectivity index (χ3v) is 3.12. The second kappa shape index (κ2) is 5.92. The molecule has 0 radical (unpaired) electrons. The van der Waals surface area contributed by atoms with Crippen LogP contribution in [-0.2, 0) is 6.54 Å². The van der Waals surface area contributed by atoms with E-state index in [0.717, 1.165) is 11.4 Å². The molecular weight excluding hydrogens is 276 g/mol. The van der Waals surface area contributed by atoms with Gasteiger partial charge in [0.1, 0.15) is 5.75 Å². The number of benzene rings is 1. The summed E-state index contributed by atoms with van der Waals surface area (Å²) in [5.74, 6) is -0.378. The Morgan fingerprint density at radius 3 is 2.80 bits per heavy atom. The molecule has 20 heavy (non-hydrogen) atoms. The molecule has 1 heterocycles. The summed E-state index contributed by atoms with van der Waals surface area (Å²) in [4.78, 5) is 18.1. The first-order valence-corrected chi connectivity index (χ1v) is 6.51. The summed E-state index contributed by atoms with van der Waals surface area (Å²) < 4.78 is 0. The molecule has 0 saturated heterocycles. The number of aryl methyl sites for hydroxylation is 1. The zero-order valence-electron chi connectivity index (χ0n) is 11.3. The topological polar surface area (TPSA) is 53.4 Å². The number of pyridine rings is 1. The van der Waals surface area contributed by atoms with Crippen LogP contribution < -0.4 is 0 Å². The molecule has 1 N–H and O–H groups in total. The molecule has 4 nitrogen and oxygen atoms in total. The maximum atomic E-state index is 12.3. The molecule has 0 aliphatic heterocycles. The molecule has 0 bridgehead atoms. The number of hydrogen-bond acceptors (Lipinski definition) is 3. The molecule has 5 heteroatoms. The average Bonchev–Trinajstić information content (AvgIpc) is 2.40. The predicted molar refractivity (Wildman–Crippen MR) is 77.9 cm³/mol. The molecule has 0 spiro atoms. The van der Waals surface area contributed by atoms with Crippen LogP contribution in [0.2, 0.25) is 5.02 Å². The highest BCUT2D eigenvalue weighted by Crippen LogP contribution is 2.23. The Morgan fingerprint density at radius 2 is 2.10 bits per heavy atom. The Bertz CT molecular complexity index is 644. The van der Waals surface area contributed by atoms with E-state index in [-0.39, 0.29) is 17.2 Å². The van der Waals surface area contributed by atoms with E-state index in [4.69, 9.17) is 11.6 Å². The molecule has 104 valence electrons. The first-order chi connectivity index (χ1) is 9.47. The lowest BCUT2D eigenvalue weighted by atomic mass is 10.1. The Hall–Kier alpha value is -2.07. The maximum absolute atomic E-state index is 12.3. The molecule has 0 saturated carbocycles. The number of phenolic OH excluding ortho intramolecular Hbond substituents is 1. The van der Waals surface area contributed by atoms with Gasteiger partial charge in [-0.15, -0.1) is 0 Å². The van der Waals surface area contributed by atoms with Gasteiger partial charge in [-0.05, 0) is 37.3 Å². The summed E-state index contributed by atoms with van der Waals surface area (Å²) in [5.41, 5.74) is 1.88. The van der Waals surface area contributed by atoms with Crippen LogP contribution >= 0.6 is 11.6 Å². The lowest BCUT2D eigenvalue weighted by Gasteiger charge is -2.17. The quantitative estimate of drug-likeness (QED) is 0.945. The molecular formula is C15H15ClN2O2. The fourth-order valence-corrected chi connectivity index (χ4v) is 2.06. The van der Waals surface area contributed by atoms with E-state index >= 15 is 0 Å². The van der Waals surface area contributed by atoms with E-state index < -0.39 is 0 Å². The van der Waals surface area contributed by atoms with Crippen molar-refractivity contribution in [1.82, 2.24) is 9.88 Å². The van der Waals surface area contributed by atoms with Crippen molar-refractivity contribution in [3.8, 4) is 5.75 Å². The molecule has 0 aliphatic carbocycles. The normalized spacial score (nSPS) is 10.3. The van der Waals surface area contributed by atoms with Gasteiger partial charge in [0.05, 0.1) is 17.8 Å². The number of carbonyl (C=O) groups is 1. The molecule has 1 aromatic heterocycles. The largest absolute Gasteiger partial charge is 0.507 e. The zero-order valence-corrected chi connectivity index (χ0v) is 12.1. The van der Waals surface area contributed by atoms with Crippen molar-refractivity contribution in [2.45, 2.75) is 13.5 Å². The smallest absolute Gasteiger partial charge is 0.257 e. The van der Waals surface area contributed by atoms with E-state index in [9.17, 15) is 9.90 Å². The fraction of sp³-hybridized carbons (Fsp3) is 0.200. The number of aromatic nitrogens is 1. The number of nitrogens with zero attached hydrogens (tertiary/aromatic N) is 2. The van der Waals surface area contributed by atoms with Crippen LogP contribution in [0.3, 0.4) is 0 Å². The van der Waals surface area contributed by atoms with Gasteiger partial charge in [-0.25, -0.2) is 0 Å². The molecule has 1 amide bonds. The summed E-state index contributed by atoms with van der Waals surface area (Å²) in [7, 11) is 1.66. The maximum Gasteiger partial charge on any atom is 0.257 e. The summed E-state index contributed by atoms with van der Waals surface area (Å²) in [6, 6.07) is 10.1. The van der Waals surface area contributed by atoms with Crippen LogP contribution in [0.25, 0.3) is 0 Å². The lowest BCUT2D eigenvalue weighted by molar-refractivity contribution is 0.0780. The number of aromatic hydroxyl groups is 1. The highest BCUT2D eigenvalue weighted by Gasteiger charge is 2.16. The van der Waals surface area contributed by atoms with Gasteiger partial charge in [0.15, 0.2) is 0 Å². The van der Waals surface area contributed by atoms with Crippen LogP contribution in [0.1, 0.15) is 21.7 Å². The number of phenols is 1. The van der Waals surface area contributed by atoms with Crippen molar-refractivity contribution in [2.75, 3.05) is 7.05 Å². The average molecular weight is 291 g/mol. The van der Waals surface area contributed by atoms with Gasteiger partial charge in [0, 0.05) is 17.8 Å². The summed E-state index contributed by atoms with van der Waals surface area (Å²) in [6.45, 7) is 2.26. The third-order valence-electron chi connectivity index (χ3n) is 2.88. The van der Waals surface area contributed by atoms with Gasteiger partial charge in [-0.2, -0.15) is 0 Å². The Labute approximate surface area is 122 Å². The van der Waals surface area contributed by atoms with Gasteiger partial charge in [-0.3, -0.25) is 9.78 Å². The van der Waals surface area contributed by atoms with E-state index in [1.807, 2.05) is 25.1 Å². The van der Waals surface area contributed by atoms with Gasteiger partial charge >= 0.3 is 0 Å². The first kappa shape index (κ1) is 14.3. The van der Waals surface area contributed by atoms with Crippen LogP contribution in [0, 0.1) is 6.92 Å². The molecule has 2 aromatic rings. The Morgan fingerprint density at radius 1 is 1.35 bits per heavy atom. The molecule has 0 fully saturated rings. The van der Waals surface area contributed by atoms with Crippen LogP contribution in [0.4, 0.5) is 0 Å². The molecule has 2 rings (SSSR count). The highest BCUT2D eigenvalue weighted by atomic mass is 35.5. The van der Waals surface area contributed by atoms with Gasteiger partial charge in [0.2, 0.25) is 0 Å². The zero-order chi connectivity index (χ0) is 14.7. The van der Waals surface area contributed by atoms with E-state index in [1.54, 1.807) is 7.05 Å². The number of carbonyl (C=O) groups excluding carboxylic acids is 1. The van der Waals surface area contributed by atoms with Crippen LogP contribution in [0.5, 0.6) is 5.75 Å². The standard InChI is InChI=1S/C15H15ClN2O2/c1-10-4-3-5-12(17-10)9-18(2)15(20)13-8-11(16)6-7-14(13)19/h3-8,19H,9H2,1-2H3. The van der Waals surface area contributed by atoms with Crippen molar-refractivity contribution >= 4 is 17.5 Å². The van der Waals surface area contributed by atoms with Crippen molar-refractivity contribution in [1.29, 1.82) is 0 Å². The van der Waals surface area contributed by atoms with Crippen molar-refractivity contribution in [2.24, 2.45) is 0 Å². The molecule has 0 atom stereocenters. The van der Waals surface area contributed by atoms with Crippen molar-refractivity contribution in [3.05, 3.63) is 58.4 Å². The summed E-state index contributed by atoms with van der Waals surface area (Å²) in [6.07, 6.45) is 0. The van der Waals surface area contributed by atoms with E-state index in [0.29, 0.717) is 11.6 Å².